The summed E-state index contributed by atoms with van der Waals surface area (Å²) in [5.74, 6) is -0.276. The van der Waals surface area contributed by atoms with Crippen molar-refractivity contribution in [2.75, 3.05) is 6.61 Å². The van der Waals surface area contributed by atoms with Gasteiger partial charge in [0.1, 0.15) is 0 Å². The van der Waals surface area contributed by atoms with Crippen molar-refractivity contribution in [2.24, 2.45) is 7.05 Å². The van der Waals surface area contributed by atoms with Crippen LogP contribution in [0.3, 0.4) is 0 Å². The summed E-state index contributed by atoms with van der Waals surface area (Å²) in [6.07, 6.45) is 1.44. The maximum Gasteiger partial charge on any atom is 0.270 e. The zero-order chi connectivity index (χ0) is 16.1. The van der Waals surface area contributed by atoms with Gasteiger partial charge in [-0.3, -0.25) is 9.59 Å². The molecular formula is C14H18ClN3O4. The van der Waals surface area contributed by atoms with Gasteiger partial charge in [0.25, 0.3) is 5.56 Å². The summed E-state index contributed by atoms with van der Waals surface area (Å²) in [7, 11) is 1.46. The van der Waals surface area contributed by atoms with Crippen molar-refractivity contribution in [3.05, 3.63) is 26.6 Å². The van der Waals surface area contributed by atoms with E-state index >= 15 is 0 Å². The lowest BCUT2D eigenvalue weighted by atomic mass is 9.69. The number of hydrogen-bond acceptors (Lipinski definition) is 5. The normalized spacial score (nSPS) is 29.3. The van der Waals surface area contributed by atoms with Gasteiger partial charge in [0.2, 0.25) is 5.91 Å². The maximum atomic E-state index is 12.3. The standard InChI is InChI=1S/C14H18ClN3O4/c1-13-5-14(6-13,7-22-13)16-10(20)3-8-9(4-19)11(15)17-18(2)12(8)21/h19H,3-7H2,1-2H3,(H,16,20). The molecule has 120 valence electrons. The molecule has 3 fully saturated rings. The first-order chi connectivity index (χ1) is 10.3. The SMILES string of the molecule is Cn1nc(Cl)c(CO)c(CC(=O)NC23COC(C)(C2)C3)c1=O. The van der Waals surface area contributed by atoms with E-state index in [-0.39, 0.29) is 39.7 Å². The molecule has 4 rings (SSSR count). The molecule has 1 aliphatic carbocycles. The Bertz CT molecular complexity index is 694. The van der Waals surface area contributed by atoms with E-state index in [2.05, 4.69) is 10.4 Å². The van der Waals surface area contributed by atoms with Gasteiger partial charge in [-0.15, -0.1) is 0 Å². The van der Waals surface area contributed by atoms with E-state index in [1.54, 1.807) is 0 Å². The van der Waals surface area contributed by atoms with Crippen LogP contribution in [0.2, 0.25) is 5.15 Å². The van der Waals surface area contributed by atoms with Crippen molar-refractivity contribution in [1.82, 2.24) is 15.1 Å². The van der Waals surface area contributed by atoms with Gasteiger partial charge in [-0.25, -0.2) is 4.68 Å². The van der Waals surface area contributed by atoms with Crippen LogP contribution in [0.25, 0.3) is 0 Å². The number of carbonyl (C=O) groups excluding carboxylic acids is 1. The highest BCUT2D eigenvalue weighted by atomic mass is 35.5. The number of nitrogens with one attached hydrogen (secondary N) is 1. The van der Waals surface area contributed by atoms with Crippen LogP contribution in [-0.4, -0.2) is 38.5 Å². The van der Waals surface area contributed by atoms with E-state index in [0.29, 0.717) is 6.61 Å². The van der Waals surface area contributed by atoms with Crippen LogP contribution in [0.4, 0.5) is 0 Å². The predicted molar refractivity (Wildman–Crippen MR) is 78.6 cm³/mol. The van der Waals surface area contributed by atoms with Gasteiger partial charge in [-0.1, -0.05) is 11.6 Å². The summed E-state index contributed by atoms with van der Waals surface area (Å²) in [6, 6.07) is 0. The molecule has 0 unspecified atom stereocenters. The Morgan fingerprint density at radius 1 is 1.50 bits per heavy atom. The number of fused-ring (bicyclic) bond motifs is 1. The molecule has 0 aromatic carbocycles. The summed E-state index contributed by atoms with van der Waals surface area (Å²) in [6.45, 7) is 2.08. The Hall–Kier alpha value is -1.44. The highest BCUT2D eigenvalue weighted by molar-refractivity contribution is 6.30. The lowest BCUT2D eigenvalue weighted by Crippen LogP contribution is -2.59. The number of aliphatic hydroxyl groups is 1. The quantitative estimate of drug-likeness (QED) is 0.806. The van der Waals surface area contributed by atoms with Gasteiger partial charge in [0, 0.05) is 31.0 Å². The number of ether oxygens (including phenoxy) is 1. The summed E-state index contributed by atoms with van der Waals surface area (Å²) < 4.78 is 6.69. The molecule has 1 saturated carbocycles. The fraction of sp³-hybridized carbons (Fsp3) is 0.643. The highest BCUT2D eigenvalue weighted by Gasteiger charge is 2.60. The maximum absolute atomic E-state index is 12.3. The molecular weight excluding hydrogens is 310 g/mol. The van der Waals surface area contributed by atoms with Crippen LogP contribution in [0.1, 0.15) is 30.9 Å². The molecule has 3 heterocycles. The monoisotopic (exact) mass is 327 g/mol. The van der Waals surface area contributed by atoms with Gasteiger partial charge in [-0.05, 0) is 6.92 Å². The van der Waals surface area contributed by atoms with E-state index < -0.39 is 12.2 Å². The number of aromatic nitrogens is 2. The largest absolute Gasteiger partial charge is 0.392 e. The van der Waals surface area contributed by atoms with Crippen LogP contribution in [0.15, 0.2) is 4.79 Å². The molecule has 2 bridgehead atoms. The van der Waals surface area contributed by atoms with Crippen molar-refractivity contribution in [1.29, 1.82) is 0 Å². The van der Waals surface area contributed by atoms with Crippen molar-refractivity contribution >= 4 is 17.5 Å². The molecule has 2 N–H and O–H groups in total. The van der Waals surface area contributed by atoms with Gasteiger partial charge < -0.3 is 15.2 Å². The molecule has 8 heteroatoms. The molecule has 0 spiro atoms. The number of aliphatic hydroxyl groups excluding tert-OH is 1. The number of halogens is 1. The summed E-state index contributed by atoms with van der Waals surface area (Å²) in [4.78, 5) is 24.4. The van der Waals surface area contributed by atoms with E-state index in [0.717, 1.165) is 17.5 Å². The zero-order valence-electron chi connectivity index (χ0n) is 12.5. The van der Waals surface area contributed by atoms with E-state index in [9.17, 15) is 14.7 Å². The first kappa shape index (κ1) is 15.5. The second-order valence-corrected chi connectivity index (χ2v) is 6.79. The minimum Gasteiger partial charge on any atom is -0.392 e. The molecule has 2 aliphatic heterocycles. The second kappa shape index (κ2) is 5.04. The van der Waals surface area contributed by atoms with Crippen LogP contribution in [0, 0.1) is 0 Å². The Labute approximate surface area is 132 Å². The molecule has 0 radical (unpaired) electrons. The molecule has 1 aromatic heterocycles. The predicted octanol–water partition coefficient (Wildman–Crippen LogP) is -0.0938. The van der Waals surface area contributed by atoms with Gasteiger partial charge in [0.15, 0.2) is 5.15 Å². The third-order valence-electron chi connectivity index (χ3n) is 4.42. The minimum absolute atomic E-state index is 0.0333. The van der Waals surface area contributed by atoms with Crippen molar-refractivity contribution < 1.29 is 14.6 Å². The number of amides is 1. The summed E-state index contributed by atoms with van der Waals surface area (Å²) in [5.41, 5.74) is -0.479. The van der Waals surface area contributed by atoms with Gasteiger partial charge >= 0.3 is 0 Å². The molecule has 7 nitrogen and oxygen atoms in total. The average Bonchev–Trinajstić information content (AvgIpc) is 2.88. The van der Waals surface area contributed by atoms with Crippen LogP contribution in [-0.2, 0) is 29.6 Å². The smallest absolute Gasteiger partial charge is 0.270 e. The molecule has 0 atom stereocenters. The lowest BCUT2D eigenvalue weighted by Gasteiger charge is -2.42. The molecule has 3 aliphatic rings. The average molecular weight is 328 g/mol. The minimum atomic E-state index is -0.434. The third-order valence-corrected chi connectivity index (χ3v) is 4.73. The topological polar surface area (TPSA) is 93.4 Å². The van der Waals surface area contributed by atoms with Crippen molar-refractivity contribution in [2.45, 2.75) is 43.9 Å². The van der Waals surface area contributed by atoms with Crippen molar-refractivity contribution in [3.8, 4) is 0 Å². The van der Waals surface area contributed by atoms with Crippen LogP contribution < -0.4 is 10.9 Å². The summed E-state index contributed by atoms with van der Waals surface area (Å²) >= 11 is 5.93. The summed E-state index contributed by atoms with van der Waals surface area (Å²) in [5, 5.41) is 16.2. The Balaban J connectivity index is 1.79. The third kappa shape index (κ3) is 2.43. The number of nitrogens with zero attached hydrogens (tertiary/aromatic N) is 2. The fourth-order valence-corrected chi connectivity index (χ4v) is 3.84. The molecule has 2 saturated heterocycles. The Morgan fingerprint density at radius 3 is 2.73 bits per heavy atom. The fourth-order valence-electron chi connectivity index (χ4n) is 3.55. The van der Waals surface area contributed by atoms with Crippen LogP contribution >= 0.6 is 11.6 Å². The zero-order valence-corrected chi connectivity index (χ0v) is 13.2. The lowest BCUT2D eigenvalue weighted by molar-refractivity contribution is -0.123. The second-order valence-electron chi connectivity index (χ2n) is 6.43. The number of hydrogen-bond donors (Lipinski definition) is 2. The Kier molecular flexibility index (Phi) is 3.54. The molecule has 22 heavy (non-hydrogen) atoms. The highest BCUT2D eigenvalue weighted by Crippen LogP contribution is 2.51. The number of carbonyl (C=O) groups is 1. The van der Waals surface area contributed by atoms with Crippen molar-refractivity contribution in [3.63, 3.8) is 0 Å². The van der Waals surface area contributed by atoms with E-state index in [1.165, 1.54) is 7.05 Å². The Morgan fingerprint density at radius 2 is 2.18 bits per heavy atom. The van der Waals surface area contributed by atoms with Gasteiger partial charge in [-0.2, -0.15) is 5.10 Å². The van der Waals surface area contributed by atoms with E-state index in [4.69, 9.17) is 16.3 Å². The molecule has 1 amide bonds. The van der Waals surface area contributed by atoms with Gasteiger partial charge in [0.05, 0.1) is 30.8 Å². The number of aryl methyl sites for hydroxylation is 1. The first-order valence-corrected chi connectivity index (χ1v) is 7.46. The molecule has 1 aromatic rings. The van der Waals surface area contributed by atoms with Crippen LogP contribution in [0.5, 0.6) is 0 Å². The van der Waals surface area contributed by atoms with E-state index in [1.807, 2.05) is 6.92 Å². The number of rotatable bonds is 4. The first-order valence-electron chi connectivity index (χ1n) is 7.08.